The molecule has 0 radical (unpaired) electrons. The molecule has 0 aliphatic carbocycles. The lowest BCUT2D eigenvalue weighted by molar-refractivity contribution is 0.566. The SMILES string of the molecule is C/C=C/c1sc(/C=C/C)c(CCCCCCCCCC)c1F. The van der Waals surface area contributed by atoms with Crippen molar-refractivity contribution in [3.63, 3.8) is 0 Å². The minimum absolute atomic E-state index is 0.000791. The third-order valence-corrected chi connectivity index (χ3v) is 5.05. The molecule has 0 nitrogen and oxygen atoms in total. The molecule has 1 rings (SSSR count). The maximum Gasteiger partial charge on any atom is 0.144 e. The smallest absolute Gasteiger partial charge is 0.144 e. The Morgan fingerprint density at radius 3 is 1.95 bits per heavy atom. The quantitative estimate of drug-likeness (QED) is 0.367. The van der Waals surface area contributed by atoms with Crippen molar-refractivity contribution in [2.75, 3.05) is 0 Å². The first-order valence-electron chi connectivity index (χ1n) is 8.81. The van der Waals surface area contributed by atoms with E-state index >= 15 is 0 Å². The van der Waals surface area contributed by atoms with E-state index in [0.29, 0.717) is 0 Å². The van der Waals surface area contributed by atoms with Crippen LogP contribution in [-0.4, -0.2) is 0 Å². The van der Waals surface area contributed by atoms with Crippen molar-refractivity contribution in [1.82, 2.24) is 0 Å². The lowest BCUT2D eigenvalue weighted by Gasteiger charge is -2.03. The Bertz CT molecular complexity index is 468. The summed E-state index contributed by atoms with van der Waals surface area (Å²) < 4.78 is 14.4. The van der Waals surface area contributed by atoms with Gasteiger partial charge in [0.1, 0.15) is 5.82 Å². The number of halogens is 1. The molecule has 0 spiro atoms. The van der Waals surface area contributed by atoms with Gasteiger partial charge < -0.3 is 0 Å². The highest BCUT2D eigenvalue weighted by molar-refractivity contribution is 7.14. The van der Waals surface area contributed by atoms with Crippen molar-refractivity contribution in [1.29, 1.82) is 0 Å². The number of thiophene rings is 1. The Kier molecular flexibility index (Phi) is 10.1. The summed E-state index contributed by atoms with van der Waals surface area (Å²) in [6.07, 6.45) is 19.0. The van der Waals surface area contributed by atoms with E-state index in [2.05, 4.69) is 6.92 Å². The van der Waals surface area contributed by atoms with Gasteiger partial charge in [-0.3, -0.25) is 0 Å². The monoisotopic (exact) mass is 322 g/mol. The van der Waals surface area contributed by atoms with Crippen molar-refractivity contribution in [2.24, 2.45) is 0 Å². The molecular formula is C20H31FS. The van der Waals surface area contributed by atoms with Crippen LogP contribution in [-0.2, 0) is 6.42 Å². The molecule has 0 atom stereocenters. The molecule has 2 heteroatoms. The van der Waals surface area contributed by atoms with Crippen LogP contribution in [0.4, 0.5) is 4.39 Å². The highest BCUT2D eigenvalue weighted by Crippen LogP contribution is 2.31. The Labute approximate surface area is 140 Å². The normalized spacial score (nSPS) is 12.0. The van der Waals surface area contributed by atoms with Gasteiger partial charge in [0.2, 0.25) is 0 Å². The van der Waals surface area contributed by atoms with Crippen molar-refractivity contribution >= 4 is 23.5 Å². The number of rotatable bonds is 11. The van der Waals surface area contributed by atoms with Crippen LogP contribution in [0.5, 0.6) is 0 Å². The molecule has 0 aliphatic rings. The van der Waals surface area contributed by atoms with E-state index in [1.165, 1.54) is 44.9 Å². The number of hydrogen-bond acceptors (Lipinski definition) is 1. The summed E-state index contributed by atoms with van der Waals surface area (Å²) in [6, 6.07) is 0. The molecule has 0 aromatic carbocycles. The van der Waals surface area contributed by atoms with Gasteiger partial charge in [-0.05, 0) is 38.8 Å². The number of allylic oxidation sites excluding steroid dienone is 2. The maximum absolute atomic E-state index is 14.4. The van der Waals surface area contributed by atoms with E-state index in [0.717, 1.165) is 28.2 Å². The zero-order valence-electron chi connectivity index (χ0n) is 14.5. The minimum atomic E-state index is -0.000791. The van der Waals surface area contributed by atoms with Gasteiger partial charge >= 0.3 is 0 Å². The highest BCUT2D eigenvalue weighted by atomic mass is 32.1. The Balaban J connectivity index is 2.44. The average molecular weight is 323 g/mol. The van der Waals surface area contributed by atoms with E-state index in [1.807, 2.05) is 38.2 Å². The summed E-state index contributed by atoms with van der Waals surface area (Å²) in [7, 11) is 0. The van der Waals surface area contributed by atoms with E-state index in [4.69, 9.17) is 0 Å². The van der Waals surface area contributed by atoms with Crippen molar-refractivity contribution in [3.05, 3.63) is 33.3 Å². The molecule has 1 heterocycles. The van der Waals surface area contributed by atoms with Crippen LogP contribution in [0.25, 0.3) is 12.2 Å². The Hall–Kier alpha value is -0.890. The molecule has 0 saturated carbocycles. The Morgan fingerprint density at radius 1 is 0.818 bits per heavy atom. The summed E-state index contributed by atoms with van der Waals surface area (Å²) in [6.45, 7) is 6.18. The van der Waals surface area contributed by atoms with Crippen LogP contribution in [0.2, 0.25) is 0 Å². The molecule has 1 aromatic rings. The van der Waals surface area contributed by atoms with Gasteiger partial charge in [-0.25, -0.2) is 4.39 Å². The maximum atomic E-state index is 14.4. The molecule has 0 amide bonds. The second-order valence-corrected chi connectivity index (χ2v) is 6.93. The summed E-state index contributed by atoms with van der Waals surface area (Å²) in [5.41, 5.74) is 0.919. The molecule has 0 fully saturated rings. The van der Waals surface area contributed by atoms with Gasteiger partial charge in [-0.2, -0.15) is 0 Å². The van der Waals surface area contributed by atoms with Gasteiger partial charge in [0, 0.05) is 10.4 Å². The van der Waals surface area contributed by atoms with Crippen molar-refractivity contribution in [3.8, 4) is 0 Å². The predicted octanol–water partition coefficient (Wildman–Crippen LogP) is 7.64. The largest absolute Gasteiger partial charge is 0.205 e. The van der Waals surface area contributed by atoms with E-state index in [-0.39, 0.29) is 5.82 Å². The standard InChI is InChI=1S/C20H31FS/c1-4-7-8-9-10-11-12-13-16-17-18(14-5-2)22-19(15-6-3)20(17)21/h5-6,14-15H,4,7-13,16H2,1-3H3/b14-5+,15-6+. The second-order valence-electron chi connectivity index (χ2n) is 5.85. The summed E-state index contributed by atoms with van der Waals surface area (Å²) in [5.74, 6) is -0.000791. The van der Waals surface area contributed by atoms with Crippen LogP contribution in [0, 0.1) is 5.82 Å². The van der Waals surface area contributed by atoms with Crippen LogP contribution in [0.15, 0.2) is 12.2 Å². The fraction of sp³-hybridized carbons (Fsp3) is 0.600. The molecule has 124 valence electrons. The van der Waals surface area contributed by atoms with Gasteiger partial charge in [-0.1, -0.05) is 64.0 Å². The number of hydrogen-bond donors (Lipinski definition) is 0. The summed E-state index contributed by atoms with van der Waals surface area (Å²) in [5, 5.41) is 0. The molecule has 0 bridgehead atoms. The predicted molar refractivity (Wildman–Crippen MR) is 100 cm³/mol. The van der Waals surface area contributed by atoms with Crippen LogP contribution >= 0.6 is 11.3 Å². The van der Waals surface area contributed by atoms with Crippen LogP contribution < -0.4 is 0 Å². The average Bonchev–Trinajstić information content (AvgIpc) is 2.79. The topological polar surface area (TPSA) is 0 Å². The van der Waals surface area contributed by atoms with Crippen molar-refractivity contribution in [2.45, 2.75) is 78.6 Å². The fourth-order valence-corrected chi connectivity index (χ4v) is 3.87. The summed E-state index contributed by atoms with van der Waals surface area (Å²) in [4.78, 5) is 1.86. The lowest BCUT2D eigenvalue weighted by Crippen LogP contribution is -1.90. The lowest BCUT2D eigenvalue weighted by atomic mass is 10.0. The fourth-order valence-electron chi connectivity index (χ4n) is 2.69. The molecule has 22 heavy (non-hydrogen) atoms. The van der Waals surface area contributed by atoms with E-state index in [9.17, 15) is 4.39 Å². The van der Waals surface area contributed by atoms with Gasteiger partial charge in [0.05, 0.1) is 4.88 Å². The van der Waals surface area contributed by atoms with Gasteiger partial charge in [0.15, 0.2) is 0 Å². The van der Waals surface area contributed by atoms with Crippen LogP contribution in [0.3, 0.4) is 0 Å². The zero-order valence-corrected chi connectivity index (χ0v) is 15.3. The molecule has 0 saturated heterocycles. The molecule has 0 unspecified atom stereocenters. The first kappa shape index (κ1) is 19.2. The molecular weight excluding hydrogens is 291 g/mol. The third kappa shape index (κ3) is 6.48. The first-order chi connectivity index (χ1) is 10.7. The first-order valence-corrected chi connectivity index (χ1v) is 9.62. The Morgan fingerprint density at radius 2 is 1.36 bits per heavy atom. The van der Waals surface area contributed by atoms with Crippen LogP contribution in [0.1, 0.15) is 87.5 Å². The van der Waals surface area contributed by atoms with E-state index < -0.39 is 0 Å². The second kappa shape index (κ2) is 11.6. The summed E-state index contributed by atoms with van der Waals surface area (Å²) >= 11 is 1.56. The number of unbranched alkanes of at least 4 members (excludes halogenated alkanes) is 7. The van der Waals surface area contributed by atoms with Gasteiger partial charge in [-0.15, -0.1) is 11.3 Å². The zero-order chi connectivity index (χ0) is 16.2. The minimum Gasteiger partial charge on any atom is -0.205 e. The molecule has 0 N–H and O–H groups in total. The molecule has 1 aromatic heterocycles. The molecule has 0 aliphatic heterocycles. The van der Waals surface area contributed by atoms with Crippen molar-refractivity contribution < 1.29 is 4.39 Å². The third-order valence-electron chi connectivity index (χ3n) is 3.92. The van der Waals surface area contributed by atoms with E-state index in [1.54, 1.807) is 11.3 Å². The highest BCUT2D eigenvalue weighted by Gasteiger charge is 2.14. The van der Waals surface area contributed by atoms with Gasteiger partial charge in [0.25, 0.3) is 0 Å².